The molecule has 1 aliphatic carbocycles. The Bertz CT molecular complexity index is 714. The van der Waals surface area contributed by atoms with Crippen molar-refractivity contribution in [1.29, 1.82) is 0 Å². The highest BCUT2D eigenvalue weighted by Gasteiger charge is 2.47. The molecule has 0 radical (unpaired) electrons. The van der Waals surface area contributed by atoms with Gasteiger partial charge in [0.1, 0.15) is 0 Å². The molecule has 1 aromatic rings. The predicted octanol–water partition coefficient (Wildman–Crippen LogP) is 4.18. The van der Waals surface area contributed by atoms with E-state index in [1.807, 2.05) is 18.0 Å². The summed E-state index contributed by atoms with van der Waals surface area (Å²) in [6, 6.07) is 5.78. The van der Waals surface area contributed by atoms with Crippen molar-refractivity contribution in [1.82, 2.24) is 10.2 Å². The maximum Gasteiger partial charge on any atom is 0.226 e. The molecule has 2 unspecified atom stereocenters. The molecule has 6 heteroatoms. The van der Waals surface area contributed by atoms with Crippen LogP contribution in [0, 0.1) is 17.3 Å². The standard InChI is InChI=1S/C22H30Cl2N2O2/c1-26(21(27)11-15-2-3-18(23)19(24)10-15)20-4-6-22(7-9-28-14-22)12-17(20)16-5-8-25-13-16/h2-3,10,16-17,20,25H,4-9,11-14H2,1H3/t16?,17-,20-,22?/m1/s1. The van der Waals surface area contributed by atoms with Crippen molar-refractivity contribution in [3.63, 3.8) is 0 Å². The van der Waals surface area contributed by atoms with E-state index in [0.29, 0.717) is 39.8 Å². The highest BCUT2D eigenvalue weighted by Crippen LogP contribution is 2.49. The summed E-state index contributed by atoms with van der Waals surface area (Å²) in [5, 5.41) is 4.56. The fraction of sp³-hybridized carbons (Fsp3) is 0.682. The molecule has 4 nitrogen and oxygen atoms in total. The van der Waals surface area contributed by atoms with Gasteiger partial charge >= 0.3 is 0 Å². The van der Waals surface area contributed by atoms with E-state index >= 15 is 0 Å². The number of rotatable bonds is 4. The number of nitrogens with one attached hydrogen (secondary N) is 1. The summed E-state index contributed by atoms with van der Waals surface area (Å²) < 4.78 is 5.77. The SMILES string of the molecule is CN(C(=O)Cc1ccc(Cl)c(Cl)c1)[C@@H]1CCC2(CCOC2)C[C@@H]1C1CCNC1. The number of carbonyl (C=O) groups is 1. The van der Waals surface area contributed by atoms with Crippen LogP contribution in [0.15, 0.2) is 18.2 Å². The van der Waals surface area contributed by atoms with E-state index in [1.165, 1.54) is 25.7 Å². The number of hydrogen-bond donors (Lipinski definition) is 1. The molecule has 0 aromatic heterocycles. The average molecular weight is 425 g/mol. The number of amides is 1. The summed E-state index contributed by atoms with van der Waals surface area (Å²) in [4.78, 5) is 15.1. The van der Waals surface area contributed by atoms with Crippen molar-refractivity contribution in [3.8, 4) is 0 Å². The lowest BCUT2D eigenvalue weighted by Crippen LogP contribution is -2.50. The van der Waals surface area contributed by atoms with Crippen LogP contribution in [0.3, 0.4) is 0 Å². The third-order valence-electron chi connectivity index (χ3n) is 7.25. The third kappa shape index (κ3) is 4.21. The van der Waals surface area contributed by atoms with Gasteiger partial charge in [0.15, 0.2) is 0 Å². The minimum absolute atomic E-state index is 0.165. The Kier molecular flexibility index (Phi) is 6.22. The van der Waals surface area contributed by atoms with Crippen molar-refractivity contribution in [2.24, 2.45) is 17.3 Å². The number of ether oxygens (including phenoxy) is 1. The molecule has 3 fully saturated rings. The molecule has 1 saturated carbocycles. The number of nitrogens with zero attached hydrogens (tertiary/aromatic N) is 1. The smallest absolute Gasteiger partial charge is 0.226 e. The molecule has 1 N–H and O–H groups in total. The monoisotopic (exact) mass is 424 g/mol. The Morgan fingerprint density at radius 2 is 2.14 bits per heavy atom. The third-order valence-corrected chi connectivity index (χ3v) is 7.99. The zero-order chi connectivity index (χ0) is 19.7. The zero-order valence-electron chi connectivity index (χ0n) is 16.6. The molecule has 154 valence electrons. The van der Waals surface area contributed by atoms with Crippen LogP contribution in [-0.4, -0.2) is 50.2 Å². The van der Waals surface area contributed by atoms with E-state index in [0.717, 1.165) is 38.3 Å². The first-order chi connectivity index (χ1) is 13.5. The van der Waals surface area contributed by atoms with Crippen molar-refractivity contribution < 1.29 is 9.53 Å². The Morgan fingerprint density at radius 1 is 1.29 bits per heavy atom. The van der Waals surface area contributed by atoms with Crippen molar-refractivity contribution in [2.45, 2.75) is 44.6 Å². The molecule has 1 amide bonds. The Labute approximate surface area is 177 Å². The summed E-state index contributed by atoms with van der Waals surface area (Å²) in [7, 11) is 1.99. The molecule has 4 atom stereocenters. The predicted molar refractivity (Wildman–Crippen MR) is 113 cm³/mol. The van der Waals surface area contributed by atoms with Gasteiger partial charge in [0.05, 0.1) is 23.1 Å². The Hall–Kier alpha value is -0.810. The van der Waals surface area contributed by atoms with Gasteiger partial charge in [-0.15, -0.1) is 0 Å². The Balaban J connectivity index is 1.48. The number of benzene rings is 1. The van der Waals surface area contributed by atoms with Gasteiger partial charge in [-0.3, -0.25) is 4.79 Å². The Morgan fingerprint density at radius 3 is 2.82 bits per heavy atom. The van der Waals surface area contributed by atoms with Crippen LogP contribution in [0.2, 0.25) is 10.0 Å². The summed E-state index contributed by atoms with van der Waals surface area (Å²) in [6.07, 6.45) is 6.19. The number of hydrogen-bond acceptors (Lipinski definition) is 3. The zero-order valence-corrected chi connectivity index (χ0v) is 18.1. The molecule has 2 aliphatic heterocycles. The number of halogens is 2. The minimum Gasteiger partial charge on any atom is -0.381 e. The summed E-state index contributed by atoms with van der Waals surface area (Å²) in [5.74, 6) is 1.37. The lowest BCUT2D eigenvalue weighted by Gasteiger charge is -2.47. The largest absolute Gasteiger partial charge is 0.381 e. The summed E-state index contributed by atoms with van der Waals surface area (Å²) >= 11 is 12.1. The van der Waals surface area contributed by atoms with Crippen LogP contribution in [0.5, 0.6) is 0 Å². The fourth-order valence-corrected chi connectivity index (χ4v) is 5.87. The molecular formula is C22H30Cl2N2O2. The maximum atomic E-state index is 13.1. The second-order valence-electron chi connectivity index (χ2n) is 8.96. The average Bonchev–Trinajstić information content (AvgIpc) is 3.37. The summed E-state index contributed by atoms with van der Waals surface area (Å²) in [6.45, 7) is 3.97. The van der Waals surface area contributed by atoms with Gasteiger partial charge in [-0.1, -0.05) is 29.3 Å². The van der Waals surface area contributed by atoms with Gasteiger partial charge in [-0.25, -0.2) is 0 Å². The van der Waals surface area contributed by atoms with Gasteiger partial charge in [-0.2, -0.15) is 0 Å². The molecular weight excluding hydrogens is 395 g/mol. The second-order valence-corrected chi connectivity index (χ2v) is 9.77. The number of carbonyl (C=O) groups excluding carboxylic acids is 1. The van der Waals surface area contributed by atoms with Crippen LogP contribution >= 0.6 is 23.2 Å². The van der Waals surface area contributed by atoms with Gasteiger partial charge in [0.25, 0.3) is 0 Å². The molecule has 3 aliphatic rings. The lowest BCUT2D eigenvalue weighted by molar-refractivity contribution is -0.134. The maximum absolute atomic E-state index is 13.1. The first kappa shape index (κ1) is 20.5. The molecule has 4 rings (SSSR count). The van der Waals surface area contributed by atoms with Crippen LogP contribution in [0.1, 0.15) is 37.7 Å². The van der Waals surface area contributed by atoms with Crippen LogP contribution in [0.25, 0.3) is 0 Å². The van der Waals surface area contributed by atoms with Crippen molar-refractivity contribution >= 4 is 29.1 Å². The second kappa shape index (κ2) is 8.51. The lowest BCUT2D eigenvalue weighted by atomic mass is 9.63. The van der Waals surface area contributed by atoms with Crippen LogP contribution in [0.4, 0.5) is 0 Å². The van der Waals surface area contributed by atoms with Crippen molar-refractivity contribution in [2.75, 3.05) is 33.4 Å². The molecule has 2 heterocycles. The van der Waals surface area contributed by atoms with Crippen molar-refractivity contribution in [3.05, 3.63) is 33.8 Å². The summed E-state index contributed by atoms with van der Waals surface area (Å²) in [5.41, 5.74) is 1.26. The van der Waals surface area contributed by atoms with Gasteiger partial charge in [0.2, 0.25) is 5.91 Å². The van der Waals surface area contributed by atoms with E-state index in [1.54, 1.807) is 12.1 Å². The molecule has 2 saturated heterocycles. The molecule has 1 aromatic carbocycles. The molecule has 28 heavy (non-hydrogen) atoms. The molecule has 0 bridgehead atoms. The van der Waals surface area contributed by atoms with Gasteiger partial charge in [-0.05, 0) is 80.1 Å². The van der Waals surface area contributed by atoms with E-state index in [2.05, 4.69) is 5.32 Å². The molecule has 1 spiro atoms. The van der Waals surface area contributed by atoms with E-state index in [4.69, 9.17) is 27.9 Å². The van der Waals surface area contributed by atoms with E-state index < -0.39 is 0 Å². The minimum atomic E-state index is 0.165. The highest BCUT2D eigenvalue weighted by atomic mass is 35.5. The van der Waals surface area contributed by atoms with Crippen LogP contribution < -0.4 is 5.32 Å². The normalized spacial score (nSPS) is 32.8. The van der Waals surface area contributed by atoms with E-state index in [-0.39, 0.29) is 5.91 Å². The van der Waals surface area contributed by atoms with Gasteiger partial charge < -0.3 is 15.0 Å². The van der Waals surface area contributed by atoms with E-state index in [9.17, 15) is 4.79 Å². The first-order valence-corrected chi connectivity index (χ1v) is 11.2. The quantitative estimate of drug-likeness (QED) is 0.787. The first-order valence-electron chi connectivity index (χ1n) is 10.5. The highest BCUT2D eigenvalue weighted by molar-refractivity contribution is 6.42. The topological polar surface area (TPSA) is 41.6 Å². The van der Waals surface area contributed by atoms with Crippen LogP contribution in [-0.2, 0) is 16.0 Å². The van der Waals surface area contributed by atoms with Gasteiger partial charge in [0, 0.05) is 19.7 Å². The fourth-order valence-electron chi connectivity index (χ4n) is 5.55. The number of likely N-dealkylation sites (N-methyl/N-ethyl adjacent to an activating group) is 1.